The predicted molar refractivity (Wildman–Crippen MR) is 317 cm³/mol. The third-order valence-electron chi connectivity index (χ3n) is 10.8. The van der Waals surface area contributed by atoms with E-state index in [1.165, 1.54) is 47.9 Å². The van der Waals surface area contributed by atoms with Crippen LogP contribution in [0.1, 0.15) is 191 Å². The molecule has 0 aliphatic carbocycles. The SMILES string of the molecule is C1CCOC1.C1CCOC1.CCCC(N)c1cccc(CC)c1.CCCC(N=[N+]=[N-])c1cccc(CC)c1.CCCC(O)c1cccc(CC)c1.O=Cc1cccc(Br)c1.O=Cc1cccc(Br)c1.[CH2-]CC.[Cl-].[Mg+2]. The Bertz CT molecular complexity index is 2040. The molecule has 9 nitrogen and oxygen atoms in total. The number of hydrogen-bond donors (Lipinski definition) is 2. The van der Waals surface area contributed by atoms with Crippen molar-refractivity contribution in [2.75, 3.05) is 26.4 Å². The van der Waals surface area contributed by atoms with Crippen molar-refractivity contribution < 1.29 is 36.6 Å². The van der Waals surface area contributed by atoms with Gasteiger partial charge in [-0.25, -0.2) is 0 Å². The topological polar surface area (TPSA) is 148 Å². The van der Waals surface area contributed by atoms with E-state index in [0.717, 1.165) is 123 Å². The molecule has 0 saturated carbocycles. The van der Waals surface area contributed by atoms with E-state index in [4.69, 9.17) is 20.7 Å². The van der Waals surface area contributed by atoms with Crippen molar-refractivity contribution >= 4 is 67.5 Å². The van der Waals surface area contributed by atoms with Crippen LogP contribution in [0.3, 0.4) is 0 Å². The molecule has 0 aromatic heterocycles. The zero-order valence-corrected chi connectivity index (χ0v) is 51.1. The Hall–Kier alpha value is -3.39. The molecular weight excluding hydrogens is 1090 g/mol. The fraction of sp³-hybridized carbons (Fsp3) is 0.459. The van der Waals surface area contributed by atoms with Crippen molar-refractivity contribution in [1.29, 1.82) is 0 Å². The fourth-order valence-corrected chi connectivity index (χ4v) is 7.64. The first-order chi connectivity index (χ1) is 34.9. The van der Waals surface area contributed by atoms with E-state index in [2.05, 4.69) is 139 Å². The second kappa shape index (κ2) is 51.7. The summed E-state index contributed by atoms with van der Waals surface area (Å²) in [4.78, 5) is 23.2. The first-order valence-corrected chi connectivity index (χ1v) is 27.6. The van der Waals surface area contributed by atoms with Gasteiger partial charge in [0.1, 0.15) is 12.6 Å². The van der Waals surface area contributed by atoms with E-state index >= 15 is 0 Å². The molecule has 5 aromatic carbocycles. The Morgan fingerprint density at radius 2 is 0.973 bits per heavy atom. The molecule has 404 valence electrons. The number of nitrogens with two attached hydrogens (primary N) is 1. The molecular formula is C61H87Br2ClMgN4O5. The van der Waals surface area contributed by atoms with Gasteiger partial charge in [-0.05, 0) is 127 Å². The summed E-state index contributed by atoms with van der Waals surface area (Å²) in [5, 5.41) is 13.6. The van der Waals surface area contributed by atoms with Crippen LogP contribution in [0.4, 0.5) is 0 Å². The average Bonchev–Trinajstić information content (AvgIpc) is 4.22. The monoisotopic (exact) mass is 1170 g/mol. The van der Waals surface area contributed by atoms with Gasteiger partial charge >= 0.3 is 23.1 Å². The number of halogens is 3. The first-order valence-electron chi connectivity index (χ1n) is 26.0. The summed E-state index contributed by atoms with van der Waals surface area (Å²) in [5.41, 5.74) is 23.4. The van der Waals surface area contributed by atoms with Gasteiger partial charge in [-0.2, -0.15) is 6.42 Å². The number of aryl methyl sites for hydroxylation is 3. The molecule has 2 aliphatic heterocycles. The molecule has 13 heteroatoms. The predicted octanol–water partition coefficient (Wildman–Crippen LogP) is 14.5. The Kier molecular flexibility index (Phi) is 52.3. The normalized spacial score (nSPS) is 12.6. The first kappa shape index (κ1) is 74.8. The second-order valence-corrected chi connectivity index (χ2v) is 18.8. The zero-order chi connectivity index (χ0) is 53.6. The Balaban J connectivity index is -0.000000803. The molecule has 3 unspecified atom stereocenters. The number of hydrogen-bond acceptors (Lipinski definition) is 7. The van der Waals surface area contributed by atoms with Gasteiger partial charge < -0.3 is 39.6 Å². The molecule has 0 spiro atoms. The Morgan fingerprint density at radius 1 is 0.608 bits per heavy atom. The van der Waals surface area contributed by atoms with Crippen LogP contribution in [0.5, 0.6) is 0 Å². The number of carbonyl (C=O) groups excluding carboxylic acids is 2. The van der Waals surface area contributed by atoms with Crippen LogP contribution in [0.15, 0.2) is 135 Å². The van der Waals surface area contributed by atoms with E-state index < -0.39 is 0 Å². The molecule has 0 amide bonds. The summed E-state index contributed by atoms with van der Waals surface area (Å²) in [6.07, 6.45) is 16.7. The molecule has 7 rings (SSSR count). The standard InChI is InChI=1S/C12H17N3.C12H19N.C12H18O.2C7H5BrO.2C4H8O.C3H7.ClH.Mg/c1-3-6-12(14-15-13)11-8-5-7-10(4-2)9-11;2*1-3-6-12(13)11-8-5-7-10(4-2)9-11;2*8-7-3-1-2-6(4-7)5-9;2*1-2-4-5-3-1;1-3-2;;/h5,7-9,12H,3-4,6H2,1-2H3;5,7-9,12H,3-4,6,13H2,1-2H3;5,7-9,12-13H,3-4,6H2,1-2H3;2*1-5H;2*1-4H2;1,3H2,2H3;1H;/q;;;;;;;-1;;+2/p-1. The summed E-state index contributed by atoms with van der Waals surface area (Å²) >= 11 is 6.49. The minimum absolute atomic E-state index is 0. The quantitative estimate of drug-likeness (QED) is 0.0266. The number of carbonyl (C=O) groups is 2. The number of aldehydes is 2. The summed E-state index contributed by atoms with van der Waals surface area (Å²) < 4.78 is 11.8. The minimum atomic E-state index is -0.281. The molecule has 2 fully saturated rings. The number of azide groups is 1. The van der Waals surface area contributed by atoms with E-state index in [1.807, 2.05) is 55.5 Å². The van der Waals surface area contributed by atoms with Crippen molar-refractivity contribution in [3.05, 3.63) is 192 Å². The van der Waals surface area contributed by atoms with Crippen molar-refractivity contribution in [2.45, 2.75) is 157 Å². The van der Waals surface area contributed by atoms with E-state index in [0.29, 0.717) is 11.1 Å². The fourth-order valence-electron chi connectivity index (χ4n) is 6.81. The van der Waals surface area contributed by atoms with Crippen molar-refractivity contribution in [1.82, 2.24) is 0 Å². The van der Waals surface area contributed by atoms with Gasteiger partial charge in [-0.1, -0.05) is 202 Å². The zero-order valence-electron chi connectivity index (χ0n) is 45.7. The van der Waals surface area contributed by atoms with Gasteiger partial charge in [0, 0.05) is 57.5 Å². The molecule has 3 N–H and O–H groups in total. The molecule has 5 aromatic rings. The van der Waals surface area contributed by atoms with E-state index in [9.17, 15) is 14.7 Å². The Labute approximate surface area is 486 Å². The van der Waals surface area contributed by atoms with E-state index in [1.54, 1.807) is 24.3 Å². The maximum atomic E-state index is 10.1. The molecule has 74 heavy (non-hydrogen) atoms. The van der Waals surface area contributed by atoms with Crippen LogP contribution in [0.2, 0.25) is 0 Å². The van der Waals surface area contributed by atoms with Gasteiger partial charge in [-0.15, -0.1) is 0 Å². The number of ether oxygens (including phenoxy) is 2. The summed E-state index contributed by atoms with van der Waals surface area (Å²) in [5.74, 6) is 0. The second-order valence-electron chi connectivity index (χ2n) is 17.0. The van der Waals surface area contributed by atoms with Crippen LogP contribution in [0, 0.1) is 6.92 Å². The summed E-state index contributed by atoms with van der Waals surface area (Å²) in [6.45, 7) is 22.3. The summed E-state index contributed by atoms with van der Waals surface area (Å²) in [6, 6.07) is 39.8. The van der Waals surface area contributed by atoms with Gasteiger partial charge in [0.05, 0.1) is 12.1 Å². The number of rotatable bonds is 15. The molecule has 3 atom stereocenters. The Morgan fingerprint density at radius 3 is 1.30 bits per heavy atom. The van der Waals surface area contributed by atoms with Gasteiger partial charge in [0.2, 0.25) is 0 Å². The van der Waals surface area contributed by atoms with Crippen LogP contribution >= 0.6 is 31.9 Å². The maximum Gasteiger partial charge on any atom is 2.00 e. The minimum Gasteiger partial charge on any atom is -1.00 e. The van der Waals surface area contributed by atoms with Gasteiger partial charge in [0.25, 0.3) is 0 Å². The van der Waals surface area contributed by atoms with Crippen LogP contribution in [0.25, 0.3) is 10.4 Å². The van der Waals surface area contributed by atoms with Gasteiger partial charge in [0.15, 0.2) is 0 Å². The average molecular weight is 1180 g/mol. The van der Waals surface area contributed by atoms with Crippen molar-refractivity contribution in [2.24, 2.45) is 10.8 Å². The van der Waals surface area contributed by atoms with Crippen LogP contribution in [-0.2, 0) is 28.7 Å². The van der Waals surface area contributed by atoms with E-state index in [-0.39, 0.29) is 53.6 Å². The van der Waals surface area contributed by atoms with Crippen LogP contribution < -0.4 is 18.1 Å². The molecule has 2 saturated heterocycles. The maximum absolute atomic E-state index is 10.1. The summed E-state index contributed by atoms with van der Waals surface area (Å²) in [7, 11) is 0. The molecule has 2 heterocycles. The number of benzene rings is 5. The number of aliphatic hydroxyl groups excluding tert-OH is 1. The molecule has 0 bridgehead atoms. The smallest absolute Gasteiger partial charge is 1.00 e. The number of aliphatic hydroxyl groups is 1. The van der Waals surface area contributed by atoms with Crippen molar-refractivity contribution in [3.63, 3.8) is 0 Å². The molecule has 2 aliphatic rings. The number of nitrogens with zero attached hydrogens (tertiary/aromatic N) is 3. The third-order valence-corrected chi connectivity index (χ3v) is 11.8. The largest absolute Gasteiger partial charge is 2.00 e. The van der Waals surface area contributed by atoms with Crippen molar-refractivity contribution in [3.8, 4) is 0 Å². The van der Waals surface area contributed by atoms with Gasteiger partial charge in [-0.3, -0.25) is 9.59 Å². The van der Waals surface area contributed by atoms with Crippen LogP contribution in [-0.4, -0.2) is 67.2 Å². The third kappa shape index (κ3) is 38.2. The molecule has 0 radical (unpaired) electrons.